The van der Waals surface area contributed by atoms with E-state index < -0.39 is 0 Å². The number of anilines is 3. The zero-order valence-corrected chi connectivity index (χ0v) is 16.5. The molecule has 3 aromatic rings. The van der Waals surface area contributed by atoms with Crippen LogP contribution in [-0.2, 0) is 4.79 Å². The highest BCUT2D eigenvalue weighted by molar-refractivity contribution is 6.30. The van der Waals surface area contributed by atoms with Crippen LogP contribution < -0.4 is 20.7 Å². The van der Waals surface area contributed by atoms with Crippen LogP contribution in [0.3, 0.4) is 0 Å². The summed E-state index contributed by atoms with van der Waals surface area (Å²) >= 11 is 5.90. The molecule has 7 heteroatoms. The summed E-state index contributed by atoms with van der Waals surface area (Å²) in [6.07, 6.45) is 0. The van der Waals surface area contributed by atoms with E-state index in [-0.39, 0.29) is 18.4 Å². The van der Waals surface area contributed by atoms with Crippen LogP contribution in [0.2, 0.25) is 5.02 Å². The van der Waals surface area contributed by atoms with E-state index in [0.717, 1.165) is 11.4 Å². The Labute approximate surface area is 173 Å². The zero-order valence-electron chi connectivity index (χ0n) is 15.7. The molecule has 3 N–H and O–H groups in total. The summed E-state index contributed by atoms with van der Waals surface area (Å²) in [5.74, 6) is 0.298. The van der Waals surface area contributed by atoms with Crippen molar-refractivity contribution in [1.29, 1.82) is 0 Å². The quantitative estimate of drug-likeness (QED) is 0.530. The molecule has 29 heavy (non-hydrogen) atoms. The summed E-state index contributed by atoms with van der Waals surface area (Å²) in [5.41, 5.74) is 2.55. The number of amides is 2. The van der Waals surface area contributed by atoms with Gasteiger partial charge in [-0.05, 0) is 66.7 Å². The summed E-state index contributed by atoms with van der Waals surface area (Å²) in [7, 11) is 1.59. The molecule has 0 aliphatic heterocycles. The Morgan fingerprint density at radius 2 is 1.55 bits per heavy atom. The van der Waals surface area contributed by atoms with Gasteiger partial charge in [-0.1, -0.05) is 17.7 Å². The van der Waals surface area contributed by atoms with Gasteiger partial charge in [-0.25, -0.2) is 0 Å². The lowest BCUT2D eigenvalue weighted by molar-refractivity contribution is -0.114. The first-order chi connectivity index (χ1) is 14.0. The lowest BCUT2D eigenvalue weighted by Crippen LogP contribution is -2.21. The van der Waals surface area contributed by atoms with E-state index in [1.54, 1.807) is 79.9 Å². The smallest absolute Gasteiger partial charge is 0.255 e. The number of methoxy groups -OCH3 is 1. The topological polar surface area (TPSA) is 79.5 Å². The Hall–Kier alpha value is -3.51. The maximum absolute atomic E-state index is 12.3. The molecule has 0 aliphatic carbocycles. The average molecular weight is 410 g/mol. The molecule has 0 fully saturated rings. The second kappa shape index (κ2) is 9.61. The Morgan fingerprint density at radius 1 is 0.862 bits per heavy atom. The molecular formula is C22H20ClN3O3. The first kappa shape index (κ1) is 20.2. The molecule has 0 heterocycles. The minimum Gasteiger partial charge on any atom is -0.497 e. The van der Waals surface area contributed by atoms with Crippen LogP contribution in [0.1, 0.15) is 10.4 Å². The van der Waals surface area contributed by atoms with Crippen LogP contribution in [0, 0.1) is 0 Å². The zero-order chi connectivity index (χ0) is 20.6. The van der Waals surface area contributed by atoms with Crippen LogP contribution in [0.5, 0.6) is 5.75 Å². The van der Waals surface area contributed by atoms with E-state index in [1.807, 2.05) is 0 Å². The maximum Gasteiger partial charge on any atom is 0.255 e. The average Bonchev–Trinajstić information content (AvgIpc) is 2.73. The van der Waals surface area contributed by atoms with Crippen molar-refractivity contribution in [2.75, 3.05) is 29.6 Å². The molecule has 0 saturated carbocycles. The highest BCUT2D eigenvalue weighted by Crippen LogP contribution is 2.17. The number of halogens is 1. The summed E-state index contributed by atoms with van der Waals surface area (Å²) in [6.45, 7) is 0.0872. The van der Waals surface area contributed by atoms with Gasteiger partial charge in [0.1, 0.15) is 5.75 Å². The molecule has 0 radical (unpaired) electrons. The number of carbonyl (C=O) groups is 2. The first-order valence-electron chi connectivity index (χ1n) is 8.88. The Balaban J connectivity index is 1.51. The monoisotopic (exact) mass is 409 g/mol. The molecule has 2 amide bonds. The fourth-order valence-corrected chi connectivity index (χ4v) is 2.76. The molecule has 0 aromatic heterocycles. The van der Waals surface area contributed by atoms with Crippen molar-refractivity contribution in [1.82, 2.24) is 0 Å². The van der Waals surface area contributed by atoms with Gasteiger partial charge in [0.25, 0.3) is 5.91 Å². The van der Waals surface area contributed by atoms with E-state index in [9.17, 15) is 9.59 Å². The van der Waals surface area contributed by atoms with Crippen molar-refractivity contribution < 1.29 is 14.3 Å². The summed E-state index contributed by atoms with van der Waals surface area (Å²) < 4.78 is 5.10. The largest absolute Gasteiger partial charge is 0.497 e. The number of hydrogen-bond acceptors (Lipinski definition) is 4. The summed E-state index contributed by atoms with van der Waals surface area (Å²) in [6, 6.07) is 20.9. The van der Waals surface area contributed by atoms with Crippen molar-refractivity contribution in [3.05, 3.63) is 83.4 Å². The maximum atomic E-state index is 12.3. The molecule has 3 aromatic carbocycles. The minimum absolute atomic E-state index is 0.0872. The van der Waals surface area contributed by atoms with Crippen molar-refractivity contribution in [2.24, 2.45) is 0 Å². The molecule has 6 nitrogen and oxygen atoms in total. The molecule has 0 unspecified atom stereocenters. The van der Waals surface area contributed by atoms with E-state index in [2.05, 4.69) is 16.0 Å². The predicted octanol–water partition coefficient (Wildman–Crippen LogP) is 4.65. The van der Waals surface area contributed by atoms with E-state index in [1.165, 1.54) is 0 Å². The van der Waals surface area contributed by atoms with Crippen LogP contribution >= 0.6 is 11.6 Å². The van der Waals surface area contributed by atoms with Gasteiger partial charge >= 0.3 is 0 Å². The first-order valence-corrected chi connectivity index (χ1v) is 9.26. The van der Waals surface area contributed by atoms with Gasteiger partial charge in [-0.3, -0.25) is 9.59 Å². The molecule has 0 bridgehead atoms. The third-order valence-corrected chi connectivity index (χ3v) is 4.29. The Morgan fingerprint density at radius 3 is 2.21 bits per heavy atom. The molecule has 0 spiro atoms. The molecule has 0 saturated heterocycles. The van der Waals surface area contributed by atoms with Crippen LogP contribution in [0.4, 0.5) is 17.1 Å². The third kappa shape index (κ3) is 5.99. The van der Waals surface area contributed by atoms with Gasteiger partial charge < -0.3 is 20.7 Å². The van der Waals surface area contributed by atoms with Gasteiger partial charge in [0.2, 0.25) is 5.91 Å². The summed E-state index contributed by atoms with van der Waals surface area (Å²) in [5, 5.41) is 9.15. The number of rotatable bonds is 7. The van der Waals surface area contributed by atoms with Gasteiger partial charge in [0.15, 0.2) is 0 Å². The van der Waals surface area contributed by atoms with Crippen LogP contribution in [0.15, 0.2) is 72.8 Å². The van der Waals surface area contributed by atoms with Crippen molar-refractivity contribution >= 4 is 40.5 Å². The molecule has 148 valence electrons. The highest BCUT2D eigenvalue weighted by Gasteiger charge is 2.07. The fourth-order valence-electron chi connectivity index (χ4n) is 2.57. The molecule has 3 rings (SSSR count). The Kier molecular flexibility index (Phi) is 6.71. The number of nitrogens with one attached hydrogen (secondary N) is 3. The Bertz CT molecular complexity index is 989. The lowest BCUT2D eigenvalue weighted by atomic mass is 10.2. The highest BCUT2D eigenvalue weighted by atomic mass is 35.5. The van der Waals surface area contributed by atoms with E-state index in [4.69, 9.17) is 16.3 Å². The van der Waals surface area contributed by atoms with Crippen molar-refractivity contribution in [2.45, 2.75) is 0 Å². The minimum atomic E-state index is -0.222. The predicted molar refractivity (Wildman–Crippen MR) is 116 cm³/mol. The number of hydrogen-bond donors (Lipinski definition) is 3. The number of ether oxygens (including phenoxy) is 1. The van der Waals surface area contributed by atoms with Gasteiger partial charge in [-0.2, -0.15) is 0 Å². The fraction of sp³-hybridized carbons (Fsp3) is 0.0909. The molecular weight excluding hydrogens is 390 g/mol. The third-order valence-electron chi connectivity index (χ3n) is 4.06. The SMILES string of the molecule is COc1ccc(NC(=O)c2ccc(NCC(=O)Nc3cccc(Cl)c3)cc2)cc1. The molecule has 0 atom stereocenters. The van der Waals surface area contributed by atoms with Gasteiger partial charge in [0, 0.05) is 27.6 Å². The lowest BCUT2D eigenvalue weighted by Gasteiger charge is -2.09. The van der Waals surface area contributed by atoms with Gasteiger partial charge in [-0.15, -0.1) is 0 Å². The number of benzene rings is 3. The van der Waals surface area contributed by atoms with E-state index >= 15 is 0 Å². The van der Waals surface area contributed by atoms with Crippen LogP contribution in [0.25, 0.3) is 0 Å². The normalized spacial score (nSPS) is 10.1. The molecule has 0 aliphatic rings. The van der Waals surface area contributed by atoms with Crippen molar-refractivity contribution in [3.63, 3.8) is 0 Å². The van der Waals surface area contributed by atoms with Crippen LogP contribution in [-0.4, -0.2) is 25.5 Å². The van der Waals surface area contributed by atoms with E-state index in [0.29, 0.717) is 22.0 Å². The second-order valence-corrected chi connectivity index (χ2v) is 6.61. The second-order valence-electron chi connectivity index (χ2n) is 6.17. The number of carbonyl (C=O) groups excluding carboxylic acids is 2. The van der Waals surface area contributed by atoms with Crippen molar-refractivity contribution in [3.8, 4) is 5.75 Å². The standard InChI is InChI=1S/C22H20ClN3O3/c1-29-20-11-9-18(10-12-20)26-22(28)15-5-7-17(8-6-15)24-14-21(27)25-19-4-2-3-16(23)13-19/h2-13,24H,14H2,1H3,(H,25,27)(H,26,28). The summed E-state index contributed by atoms with van der Waals surface area (Å²) in [4.78, 5) is 24.4. The van der Waals surface area contributed by atoms with Gasteiger partial charge in [0.05, 0.1) is 13.7 Å².